The number of nitrogens with zero attached hydrogens (tertiary/aromatic N) is 2. The molecule has 2 N–H and O–H groups in total. The molecule has 116 valence electrons. The topological polar surface area (TPSA) is 30.5 Å². The maximum Gasteiger partial charge on any atom is 0.0239 e. The van der Waals surface area contributed by atoms with Crippen LogP contribution in [0.3, 0.4) is 0 Å². The van der Waals surface area contributed by atoms with E-state index in [1.54, 1.807) is 0 Å². The van der Waals surface area contributed by atoms with Gasteiger partial charge in [-0.3, -0.25) is 9.80 Å². The fourth-order valence-corrected chi connectivity index (χ4v) is 4.45. The van der Waals surface area contributed by atoms with Gasteiger partial charge >= 0.3 is 0 Å². The minimum absolute atomic E-state index is 0.747. The SMILES string of the molecule is CC(C)N1CC2CC1CN2.CC(C)N1CC2CC1CN2. The molecule has 0 saturated carbocycles. The summed E-state index contributed by atoms with van der Waals surface area (Å²) in [4.78, 5) is 5.22. The van der Waals surface area contributed by atoms with Gasteiger partial charge in [0.25, 0.3) is 0 Å². The zero-order valence-electron chi connectivity index (χ0n) is 13.6. The van der Waals surface area contributed by atoms with Crippen molar-refractivity contribution < 1.29 is 0 Å². The minimum atomic E-state index is 0.747. The first-order valence-corrected chi connectivity index (χ1v) is 8.53. The van der Waals surface area contributed by atoms with Crippen molar-refractivity contribution in [2.45, 2.75) is 76.8 Å². The number of likely N-dealkylation sites (tertiary alicyclic amines) is 2. The Morgan fingerprint density at radius 1 is 0.750 bits per heavy atom. The maximum absolute atomic E-state index is 3.50. The van der Waals surface area contributed by atoms with Crippen molar-refractivity contribution in [1.82, 2.24) is 20.4 Å². The first kappa shape index (κ1) is 14.8. The van der Waals surface area contributed by atoms with Gasteiger partial charge in [-0.05, 0) is 40.5 Å². The predicted molar refractivity (Wildman–Crippen MR) is 84.1 cm³/mol. The Hall–Kier alpha value is -0.160. The Morgan fingerprint density at radius 2 is 1.15 bits per heavy atom. The normalized spacial score (nSPS) is 39.9. The monoisotopic (exact) mass is 280 g/mol. The Morgan fingerprint density at radius 3 is 1.30 bits per heavy atom. The molecule has 4 heteroatoms. The van der Waals surface area contributed by atoms with Crippen LogP contribution in [0, 0.1) is 0 Å². The average molecular weight is 280 g/mol. The molecule has 4 unspecified atom stereocenters. The van der Waals surface area contributed by atoms with Crippen LogP contribution in [0.2, 0.25) is 0 Å². The highest BCUT2D eigenvalue weighted by Crippen LogP contribution is 2.25. The fourth-order valence-electron chi connectivity index (χ4n) is 4.45. The second-order valence-corrected chi connectivity index (χ2v) is 7.57. The van der Waals surface area contributed by atoms with E-state index >= 15 is 0 Å². The summed E-state index contributed by atoms with van der Waals surface area (Å²) < 4.78 is 0. The maximum atomic E-state index is 3.50. The molecule has 4 saturated heterocycles. The summed E-state index contributed by atoms with van der Waals surface area (Å²) in [7, 11) is 0. The lowest BCUT2D eigenvalue weighted by Crippen LogP contribution is -2.46. The van der Waals surface area contributed by atoms with E-state index in [-0.39, 0.29) is 0 Å². The van der Waals surface area contributed by atoms with Gasteiger partial charge in [0.15, 0.2) is 0 Å². The molecule has 4 nitrogen and oxygen atoms in total. The van der Waals surface area contributed by atoms with E-state index in [0.717, 1.165) is 36.3 Å². The van der Waals surface area contributed by atoms with E-state index in [1.165, 1.54) is 39.0 Å². The minimum Gasteiger partial charge on any atom is -0.311 e. The van der Waals surface area contributed by atoms with Crippen molar-refractivity contribution in [3.05, 3.63) is 0 Å². The van der Waals surface area contributed by atoms with E-state index in [0.29, 0.717) is 0 Å². The molecule has 4 aliphatic rings. The van der Waals surface area contributed by atoms with Crippen molar-refractivity contribution in [2.24, 2.45) is 0 Å². The lowest BCUT2D eigenvalue weighted by Gasteiger charge is -2.30. The number of piperazine rings is 2. The second kappa shape index (κ2) is 5.91. The Balaban J connectivity index is 0.000000121. The van der Waals surface area contributed by atoms with Gasteiger partial charge in [-0.25, -0.2) is 0 Å². The highest BCUT2D eigenvalue weighted by molar-refractivity contribution is 4.99. The average Bonchev–Trinajstić information content (AvgIpc) is 3.18. The molecule has 20 heavy (non-hydrogen) atoms. The summed E-state index contributed by atoms with van der Waals surface area (Å²) >= 11 is 0. The van der Waals surface area contributed by atoms with Crippen LogP contribution in [0.5, 0.6) is 0 Å². The van der Waals surface area contributed by atoms with Crippen LogP contribution in [-0.4, -0.2) is 72.2 Å². The Kier molecular flexibility index (Phi) is 4.37. The van der Waals surface area contributed by atoms with Gasteiger partial charge in [0.2, 0.25) is 0 Å². The first-order valence-electron chi connectivity index (χ1n) is 8.53. The molecule has 0 radical (unpaired) electrons. The van der Waals surface area contributed by atoms with Crippen LogP contribution in [0.15, 0.2) is 0 Å². The Bertz CT molecular complexity index is 298. The van der Waals surface area contributed by atoms with Crippen LogP contribution in [0.1, 0.15) is 40.5 Å². The molecule has 0 amide bonds. The standard InChI is InChI=1S/2C8H16N2/c2*1-6(2)10-5-7-3-8(10)4-9-7/h2*6-9H,3-5H2,1-2H3. The highest BCUT2D eigenvalue weighted by atomic mass is 15.3. The molecule has 4 bridgehead atoms. The third-order valence-electron chi connectivity index (χ3n) is 5.52. The van der Waals surface area contributed by atoms with Crippen molar-refractivity contribution in [3.63, 3.8) is 0 Å². The van der Waals surface area contributed by atoms with Crippen LogP contribution in [0.25, 0.3) is 0 Å². The van der Waals surface area contributed by atoms with Crippen molar-refractivity contribution >= 4 is 0 Å². The zero-order valence-corrected chi connectivity index (χ0v) is 13.6. The van der Waals surface area contributed by atoms with Crippen molar-refractivity contribution in [3.8, 4) is 0 Å². The van der Waals surface area contributed by atoms with E-state index in [4.69, 9.17) is 0 Å². The summed E-state index contributed by atoms with van der Waals surface area (Å²) in [5.41, 5.74) is 0. The predicted octanol–water partition coefficient (Wildman–Crippen LogP) is 0.882. The number of fused-ring (bicyclic) bond motifs is 4. The molecular weight excluding hydrogens is 248 g/mol. The van der Waals surface area contributed by atoms with Gasteiger partial charge in [-0.2, -0.15) is 0 Å². The number of hydrogen-bond acceptors (Lipinski definition) is 4. The van der Waals surface area contributed by atoms with Gasteiger partial charge in [0.1, 0.15) is 0 Å². The van der Waals surface area contributed by atoms with E-state index in [1.807, 2.05) is 0 Å². The van der Waals surface area contributed by atoms with Crippen LogP contribution < -0.4 is 10.6 Å². The van der Waals surface area contributed by atoms with Crippen LogP contribution in [0.4, 0.5) is 0 Å². The third-order valence-corrected chi connectivity index (χ3v) is 5.52. The molecule has 4 heterocycles. The van der Waals surface area contributed by atoms with Gasteiger partial charge in [-0.1, -0.05) is 0 Å². The molecule has 0 aromatic rings. The number of nitrogens with one attached hydrogen (secondary N) is 2. The fraction of sp³-hybridized carbons (Fsp3) is 1.00. The molecule has 4 fully saturated rings. The highest BCUT2D eigenvalue weighted by Gasteiger charge is 2.39. The molecule has 4 rings (SSSR count). The van der Waals surface area contributed by atoms with E-state index in [9.17, 15) is 0 Å². The summed E-state index contributed by atoms with van der Waals surface area (Å²) in [5, 5.41) is 7.00. The summed E-state index contributed by atoms with van der Waals surface area (Å²) in [6, 6.07) is 4.82. The lowest BCUT2D eigenvalue weighted by atomic mass is 10.2. The molecule has 0 aromatic heterocycles. The number of hydrogen-bond donors (Lipinski definition) is 2. The van der Waals surface area contributed by atoms with Crippen molar-refractivity contribution in [2.75, 3.05) is 26.2 Å². The van der Waals surface area contributed by atoms with Gasteiger partial charge in [0, 0.05) is 62.4 Å². The van der Waals surface area contributed by atoms with Gasteiger partial charge in [0.05, 0.1) is 0 Å². The summed E-state index contributed by atoms with van der Waals surface area (Å²) in [6.07, 6.45) is 2.77. The van der Waals surface area contributed by atoms with Crippen LogP contribution >= 0.6 is 0 Å². The molecule has 0 spiro atoms. The van der Waals surface area contributed by atoms with E-state index in [2.05, 4.69) is 48.1 Å². The molecule has 4 atom stereocenters. The molecular formula is C16H32N4. The third kappa shape index (κ3) is 2.89. The Labute approximate surface area is 124 Å². The molecule has 4 aliphatic heterocycles. The lowest BCUT2D eigenvalue weighted by molar-refractivity contribution is 0.181. The summed E-state index contributed by atoms with van der Waals surface area (Å²) in [6.45, 7) is 14.2. The van der Waals surface area contributed by atoms with Gasteiger partial charge in [-0.15, -0.1) is 0 Å². The van der Waals surface area contributed by atoms with Crippen molar-refractivity contribution in [1.29, 1.82) is 0 Å². The molecule has 0 aliphatic carbocycles. The molecule has 0 aromatic carbocycles. The first-order chi connectivity index (χ1) is 9.54. The summed E-state index contributed by atoms with van der Waals surface area (Å²) in [5.74, 6) is 0. The van der Waals surface area contributed by atoms with E-state index < -0.39 is 0 Å². The smallest absolute Gasteiger partial charge is 0.0239 e. The quantitative estimate of drug-likeness (QED) is 0.786. The van der Waals surface area contributed by atoms with Gasteiger partial charge < -0.3 is 10.6 Å². The number of rotatable bonds is 2. The van der Waals surface area contributed by atoms with Crippen LogP contribution in [-0.2, 0) is 0 Å². The second-order valence-electron chi connectivity index (χ2n) is 7.57. The zero-order chi connectivity index (χ0) is 14.3. The largest absolute Gasteiger partial charge is 0.311 e.